The van der Waals surface area contributed by atoms with Crippen molar-refractivity contribution >= 4 is 12.4 Å². The zero-order valence-corrected chi connectivity index (χ0v) is 15.1. The van der Waals surface area contributed by atoms with E-state index >= 15 is 0 Å². The largest absolute Gasteiger partial charge is 0.493 e. The molecule has 3 rings (SSSR count). The predicted molar refractivity (Wildman–Crippen MR) is 98.5 cm³/mol. The van der Waals surface area contributed by atoms with Crippen molar-refractivity contribution in [2.75, 3.05) is 26.2 Å². The average molecular weight is 339 g/mol. The molecule has 0 spiro atoms. The monoisotopic (exact) mass is 338 g/mol. The molecule has 2 aliphatic rings. The third-order valence-corrected chi connectivity index (χ3v) is 4.83. The first-order valence-electron chi connectivity index (χ1n) is 9.01. The van der Waals surface area contributed by atoms with Crippen LogP contribution in [0.1, 0.15) is 44.6 Å². The molecule has 1 N–H and O–H groups in total. The van der Waals surface area contributed by atoms with Crippen LogP contribution in [0.25, 0.3) is 0 Å². The van der Waals surface area contributed by atoms with Gasteiger partial charge in [-0.3, -0.25) is 4.90 Å². The summed E-state index contributed by atoms with van der Waals surface area (Å²) in [6.07, 6.45) is 6.48. The Morgan fingerprint density at radius 2 is 1.78 bits per heavy atom. The molecule has 1 saturated heterocycles. The average Bonchev–Trinajstić information content (AvgIpc) is 3.39. The molecule has 0 aromatic heterocycles. The van der Waals surface area contributed by atoms with Gasteiger partial charge in [-0.2, -0.15) is 0 Å². The van der Waals surface area contributed by atoms with E-state index in [9.17, 15) is 0 Å². The molecule has 0 radical (unpaired) electrons. The van der Waals surface area contributed by atoms with Crippen LogP contribution >= 0.6 is 12.4 Å². The lowest BCUT2D eigenvalue weighted by atomic mass is 10.0. The maximum absolute atomic E-state index is 5.83. The van der Waals surface area contributed by atoms with Crippen LogP contribution < -0.4 is 10.1 Å². The minimum absolute atomic E-state index is 0. The molecule has 1 aliphatic carbocycles. The fourth-order valence-corrected chi connectivity index (χ4v) is 3.27. The highest BCUT2D eigenvalue weighted by molar-refractivity contribution is 5.85. The second kappa shape index (κ2) is 9.51. The summed E-state index contributed by atoms with van der Waals surface area (Å²) < 4.78 is 5.83. The second-order valence-electron chi connectivity index (χ2n) is 6.85. The predicted octanol–water partition coefficient (Wildman–Crippen LogP) is 3.86. The molecule has 1 aromatic carbocycles. The van der Waals surface area contributed by atoms with E-state index in [1.807, 2.05) is 0 Å². The number of hydrogen-bond acceptors (Lipinski definition) is 3. The van der Waals surface area contributed by atoms with Gasteiger partial charge in [0, 0.05) is 12.6 Å². The summed E-state index contributed by atoms with van der Waals surface area (Å²) in [5, 5.41) is 3.47. The summed E-state index contributed by atoms with van der Waals surface area (Å²) in [5.41, 5.74) is 1.41. The fourth-order valence-electron chi connectivity index (χ4n) is 3.27. The van der Waals surface area contributed by atoms with Crippen molar-refractivity contribution in [3.05, 3.63) is 29.8 Å². The van der Waals surface area contributed by atoms with E-state index in [0.717, 1.165) is 30.9 Å². The lowest BCUT2D eigenvalue weighted by Gasteiger charge is -2.34. The number of ether oxygens (including phenoxy) is 1. The van der Waals surface area contributed by atoms with Gasteiger partial charge < -0.3 is 10.1 Å². The minimum atomic E-state index is 0. The molecule has 23 heavy (non-hydrogen) atoms. The summed E-state index contributed by atoms with van der Waals surface area (Å²) >= 11 is 0. The number of rotatable bonds is 8. The molecule has 0 amide bonds. The summed E-state index contributed by atoms with van der Waals surface area (Å²) in [5.74, 6) is 1.85. The van der Waals surface area contributed by atoms with Gasteiger partial charge in [-0.25, -0.2) is 0 Å². The molecule has 2 fully saturated rings. The molecular weight excluding hydrogens is 308 g/mol. The molecule has 3 nitrogen and oxygen atoms in total. The van der Waals surface area contributed by atoms with Crippen LogP contribution in [0, 0.1) is 5.92 Å². The molecular formula is C19H31ClN2O. The van der Waals surface area contributed by atoms with E-state index in [1.54, 1.807) is 0 Å². The first kappa shape index (κ1) is 18.6. The molecule has 1 aromatic rings. The molecule has 1 aliphatic heterocycles. The van der Waals surface area contributed by atoms with Crippen LogP contribution in [0.3, 0.4) is 0 Å². The third kappa shape index (κ3) is 5.98. The number of nitrogens with one attached hydrogen (secondary N) is 1. The molecule has 4 heteroatoms. The molecule has 0 atom stereocenters. The van der Waals surface area contributed by atoms with E-state index in [0.29, 0.717) is 0 Å². The van der Waals surface area contributed by atoms with Crippen molar-refractivity contribution in [1.82, 2.24) is 10.2 Å². The highest BCUT2D eigenvalue weighted by Crippen LogP contribution is 2.29. The summed E-state index contributed by atoms with van der Waals surface area (Å²) in [6.45, 7) is 7.78. The molecule has 1 heterocycles. The van der Waals surface area contributed by atoms with Crippen molar-refractivity contribution in [3.8, 4) is 5.75 Å². The Kier molecular flexibility index (Phi) is 7.68. The van der Waals surface area contributed by atoms with Crippen LogP contribution in [-0.4, -0.2) is 37.2 Å². The van der Waals surface area contributed by atoms with Gasteiger partial charge in [-0.05, 0) is 75.4 Å². The van der Waals surface area contributed by atoms with Gasteiger partial charge in [0.2, 0.25) is 0 Å². The van der Waals surface area contributed by atoms with E-state index in [1.165, 1.54) is 57.3 Å². The Labute approximate surface area is 147 Å². The van der Waals surface area contributed by atoms with Crippen LogP contribution in [0.15, 0.2) is 24.3 Å². The number of hydrogen-bond donors (Lipinski definition) is 1. The van der Waals surface area contributed by atoms with Gasteiger partial charge in [-0.15, -0.1) is 12.4 Å². The van der Waals surface area contributed by atoms with Gasteiger partial charge >= 0.3 is 0 Å². The lowest BCUT2D eigenvalue weighted by Crippen LogP contribution is -2.43. The van der Waals surface area contributed by atoms with Crippen LogP contribution in [0.5, 0.6) is 5.75 Å². The third-order valence-electron chi connectivity index (χ3n) is 4.83. The van der Waals surface area contributed by atoms with E-state index in [-0.39, 0.29) is 12.4 Å². The van der Waals surface area contributed by atoms with Gasteiger partial charge in [0.05, 0.1) is 6.61 Å². The van der Waals surface area contributed by atoms with Crippen LogP contribution in [0.4, 0.5) is 0 Å². The summed E-state index contributed by atoms with van der Waals surface area (Å²) in [7, 11) is 0. The first-order chi connectivity index (χ1) is 10.8. The smallest absolute Gasteiger partial charge is 0.119 e. The number of benzene rings is 1. The topological polar surface area (TPSA) is 24.5 Å². The zero-order chi connectivity index (χ0) is 15.2. The Morgan fingerprint density at radius 3 is 2.39 bits per heavy atom. The maximum Gasteiger partial charge on any atom is 0.119 e. The van der Waals surface area contributed by atoms with Crippen molar-refractivity contribution < 1.29 is 4.74 Å². The molecule has 130 valence electrons. The number of halogens is 1. The van der Waals surface area contributed by atoms with Gasteiger partial charge in [0.1, 0.15) is 5.75 Å². The SMILES string of the molecule is CCCN(Cc1ccc(OCC2CC2)cc1)C1CCNCC1.Cl. The Bertz CT molecular complexity index is 441. The second-order valence-corrected chi connectivity index (χ2v) is 6.85. The lowest BCUT2D eigenvalue weighted by molar-refractivity contribution is 0.154. The van der Waals surface area contributed by atoms with Crippen LogP contribution in [-0.2, 0) is 6.54 Å². The van der Waals surface area contributed by atoms with E-state index in [4.69, 9.17) is 4.74 Å². The minimum Gasteiger partial charge on any atom is -0.493 e. The fraction of sp³-hybridized carbons (Fsp3) is 0.684. The standard InChI is InChI=1S/C19H30N2O.ClH/c1-2-13-21(18-9-11-20-12-10-18)14-16-5-7-19(8-6-16)22-15-17-3-4-17;/h5-8,17-18,20H,2-4,9-15H2,1H3;1H. The Hall–Kier alpha value is -0.770. The van der Waals surface area contributed by atoms with Gasteiger partial charge in [0.25, 0.3) is 0 Å². The Balaban J connectivity index is 0.00000192. The van der Waals surface area contributed by atoms with Crippen molar-refractivity contribution in [1.29, 1.82) is 0 Å². The van der Waals surface area contributed by atoms with E-state index < -0.39 is 0 Å². The quantitative estimate of drug-likeness (QED) is 0.779. The Morgan fingerprint density at radius 1 is 1.09 bits per heavy atom. The maximum atomic E-state index is 5.83. The van der Waals surface area contributed by atoms with Crippen molar-refractivity contribution in [2.24, 2.45) is 5.92 Å². The highest BCUT2D eigenvalue weighted by atomic mass is 35.5. The van der Waals surface area contributed by atoms with E-state index in [2.05, 4.69) is 41.4 Å². The normalized spacial score (nSPS) is 18.7. The highest BCUT2D eigenvalue weighted by Gasteiger charge is 2.22. The molecule has 0 unspecified atom stereocenters. The summed E-state index contributed by atoms with van der Waals surface area (Å²) in [6, 6.07) is 9.51. The number of piperidine rings is 1. The number of nitrogens with zero attached hydrogens (tertiary/aromatic N) is 1. The molecule has 1 saturated carbocycles. The summed E-state index contributed by atoms with van der Waals surface area (Å²) in [4.78, 5) is 2.67. The van der Waals surface area contributed by atoms with Crippen LogP contribution in [0.2, 0.25) is 0 Å². The zero-order valence-electron chi connectivity index (χ0n) is 14.3. The molecule has 0 bridgehead atoms. The van der Waals surface area contributed by atoms with Crippen molar-refractivity contribution in [2.45, 2.75) is 51.6 Å². The van der Waals surface area contributed by atoms with Gasteiger partial charge in [0.15, 0.2) is 0 Å². The van der Waals surface area contributed by atoms with Crippen molar-refractivity contribution in [3.63, 3.8) is 0 Å². The van der Waals surface area contributed by atoms with Gasteiger partial charge in [-0.1, -0.05) is 19.1 Å². The first-order valence-corrected chi connectivity index (χ1v) is 9.01.